The van der Waals surface area contributed by atoms with Crippen LogP contribution in [0.5, 0.6) is 0 Å². The fraction of sp³-hybridized carbons (Fsp3) is 0.182. The normalized spacial score (nSPS) is 10.9. The third-order valence-corrected chi connectivity index (χ3v) is 5.00. The molecule has 0 unspecified atom stereocenters. The van der Waals surface area contributed by atoms with Gasteiger partial charge in [0.25, 0.3) is 11.1 Å². The number of aromatic nitrogens is 6. The molecule has 4 heterocycles. The predicted octanol–water partition coefficient (Wildman–Crippen LogP) is 0.557. The molecule has 0 aromatic carbocycles. The van der Waals surface area contributed by atoms with E-state index in [-0.39, 0.29) is 13.1 Å². The zero-order valence-corrected chi connectivity index (χ0v) is 17.5. The summed E-state index contributed by atoms with van der Waals surface area (Å²) in [6.45, 7) is 3.84. The van der Waals surface area contributed by atoms with Gasteiger partial charge in [-0.3, -0.25) is 38.7 Å². The smallest absolute Gasteiger partial charge is 0.296 e. The number of aryl methyl sites for hydroxylation is 2. The van der Waals surface area contributed by atoms with Gasteiger partial charge in [0.05, 0.1) is 24.5 Å². The van der Waals surface area contributed by atoms with Gasteiger partial charge in [-0.25, -0.2) is 9.59 Å². The van der Waals surface area contributed by atoms with Crippen LogP contribution in [0.2, 0.25) is 0 Å². The second-order valence-electron chi connectivity index (χ2n) is 7.50. The molecular formula is C22H20N6O4. The molecule has 0 amide bonds. The fourth-order valence-electron chi connectivity index (χ4n) is 3.20. The maximum Gasteiger partial charge on any atom is 0.328 e. The van der Waals surface area contributed by atoms with E-state index in [1.807, 2.05) is 12.1 Å². The summed E-state index contributed by atoms with van der Waals surface area (Å²) < 4.78 is 2.84. The Bertz CT molecular complexity index is 1390. The Hall–Kier alpha value is -4.34. The Morgan fingerprint density at radius 3 is 1.44 bits per heavy atom. The molecule has 0 aliphatic carbocycles. The third kappa shape index (κ3) is 4.38. The van der Waals surface area contributed by atoms with Gasteiger partial charge in [-0.2, -0.15) is 0 Å². The number of hydrogen-bond donors (Lipinski definition) is 2. The van der Waals surface area contributed by atoms with E-state index in [0.29, 0.717) is 22.5 Å². The highest BCUT2D eigenvalue weighted by Gasteiger charge is 2.06. The van der Waals surface area contributed by atoms with Crippen molar-refractivity contribution in [1.82, 2.24) is 29.1 Å². The summed E-state index contributed by atoms with van der Waals surface area (Å²) in [5, 5.41) is 0. The standard InChI is InChI=1S/C22H20N6O4/c1-13-9-27(21(31)25-19(13)29)11-15-3-5-17(23-7-15)18-6-4-16(8-24-18)12-28-10-14(2)20(30)26-22(28)32/h3-10H,11-12H2,1-2H3,(H,25,29,31)(H,26,30,32). The molecule has 4 aromatic heterocycles. The van der Waals surface area contributed by atoms with Gasteiger partial charge in [-0.05, 0) is 37.1 Å². The highest BCUT2D eigenvalue weighted by Crippen LogP contribution is 2.15. The average molecular weight is 432 g/mol. The Kier molecular flexibility index (Phi) is 5.50. The molecule has 0 aliphatic rings. The highest BCUT2D eigenvalue weighted by atomic mass is 16.2. The lowest BCUT2D eigenvalue weighted by Gasteiger charge is -2.08. The monoisotopic (exact) mass is 432 g/mol. The molecule has 0 atom stereocenters. The molecule has 0 spiro atoms. The van der Waals surface area contributed by atoms with Crippen molar-refractivity contribution < 1.29 is 0 Å². The van der Waals surface area contributed by atoms with Crippen LogP contribution in [-0.2, 0) is 13.1 Å². The SMILES string of the molecule is Cc1cn(Cc2ccc(-c3ccc(Cn4cc(C)c(=O)[nH]c4=O)cn3)nc2)c(=O)[nH]c1=O. The van der Waals surface area contributed by atoms with Crippen molar-refractivity contribution in [1.29, 1.82) is 0 Å². The first kappa shape index (κ1) is 20.9. The molecule has 2 N–H and O–H groups in total. The van der Waals surface area contributed by atoms with Crippen LogP contribution in [0.1, 0.15) is 22.3 Å². The molecule has 10 nitrogen and oxygen atoms in total. The van der Waals surface area contributed by atoms with E-state index in [2.05, 4.69) is 19.9 Å². The summed E-state index contributed by atoms with van der Waals surface area (Å²) in [5.41, 5.74) is 2.08. The zero-order valence-electron chi connectivity index (χ0n) is 17.5. The summed E-state index contributed by atoms with van der Waals surface area (Å²) in [5.74, 6) is 0. The maximum absolute atomic E-state index is 11.9. The number of rotatable bonds is 5. The first-order chi connectivity index (χ1) is 15.3. The molecule has 0 saturated heterocycles. The topological polar surface area (TPSA) is 136 Å². The summed E-state index contributed by atoms with van der Waals surface area (Å²) in [4.78, 5) is 60.3. The van der Waals surface area contributed by atoms with Crippen LogP contribution in [0.4, 0.5) is 0 Å². The minimum Gasteiger partial charge on any atom is -0.296 e. The van der Waals surface area contributed by atoms with E-state index in [1.165, 1.54) is 21.5 Å². The van der Waals surface area contributed by atoms with E-state index >= 15 is 0 Å². The number of nitrogens with one attached hydrogen (secondary N) is 2. The van der Waals surface area contributed by atoms with E-state index < -0.39 is 22.5 Å². The zero-order chi connectivity index (χ0) is 22.8. The molecule has 10 heteroatoms. The van der Waals surface area contributed by atoms with Crippen molar-refractivity contribution in [3.63, 3.8) is 0 Å². The van der Waals surface area contributed by atoms with Crippen molar-refractivity contribution in [3.05, 3.63) is 113 Å². The number of nitrogens with zero attached hydrogens (tertiary/aromatic N) is 4. The van der Waals surface area contributed by atoms with Crippen molar-refractivity contribution in [3.8, 4) is 11.4 Å². The molecule has 0 radical (unpaired) electrons. The van der Waals surface area contributed by atoms with Crippen molar-refractivity contribution >= 4 is 0 Å². The maximum atomic E-state index is 11.9. The van der Waals surface area contributed by atoms with Crippen molar-refractivity contribution in [2.24, 2.45) is 0 Å². The lowest BCUT2D eigenvalue weighted by atomic mass is 10.2. The second-order valence-corrected chi connectivity index (χ2v) is 7.50. The lowest BCUT2D eigenvalue weighted by Crippen LogP contribution is -2.31. The average Bonchev–Trinajstić information content (AvgIpc) is 2.77. The van der Waals surface area contributed by atoms with Crippen LogP contribution in [-0.4, -0.2) is 29.1 Å². The predicted molar refractivity (Wildman–Crippen MR) is 118 cm³/mol. The Labute approximate surface area is 180 Å². The molecule has 4 rings (SSSR count). The Morgan fingerprint density at radius 1 is 0.688 bits per heavy atom. The van der Waals surface area contributed by atoms with E-state index in [0.717, 1.165) is 11.1 Å². The second kappa shape index (κ2) is 8.42. The van der Waals surface area contributed by atoms with Gasteiger partial charge >= 0.3 is 11.4 Å². The van der Waals surface area contributed by atoms with Crippen molar-refractivity contribution in [2.75, 3.05) is 0 Å². The van der Waals surface area contributed by atoms with Gasteiger partial charge in [-0.15, -0.1) is 0 Å². The molecule has 0 fully saturated rings. The third-order valence-electron chi connectivity index (χ3n) is 5.00. The molecule has 0 saturated carbocycles. The summed E-state index contributed by atoms with van der Waals surface area (Å²) in [6, 6.07) is 7.29. The largest absolute Gasteiger partial charge is 0.328 e. The Morgan fingerprint density at radius 2 is 1.09 bits per heavy atom. The van der Waals surface area contributed by atoms with Crippen LogP contribution >= 0.6 is 0 Å². The molecule has 4 aromatic rings. The van der Waals surface area contributed by atoms with E-state index in [9.17, 15) is 19.2 Å². The first-order valence-corrected chi connectivity index (χ1v) is 9.81. The minimum atomic E-state index is -0.473. The number of H-pyrrole nitrogens is 2. The van der Waals surface area contributed by atoms with E-state index in [4.69, 9.17) is 0 Å². The van der Waals surface area contributed by atoms with Crippen molar-refractivity contribution in [2.45, 2.75) is 26.9 Å². The Balaban J connectivity index is 1.50. The van der Waals surface area contributed by atoms with Gasteiger partial charge in [0.1, 0.15) is 0 Å². The minimum absolute atomic E-state index is 0.281. The molecule has 0 bridgehead atoms. The lowest BCUT2D eigenvalue weighted by molar-refractivity contribution is 0.711. The molecule has 162 valence electrons. The van der Waals surface area contributed by atoms with Gasteiger partial charge in [-0.1, -0.05) is 12.1 Å². The van der Waals surface area contributed by atoms with Gasteiger partial charge in [0, 0.05) is 35.9 Å². The van der Waals surface area contributed by atoms with Crippen LogP contribution in [0.3, 0.4) is 0 Å². The molecule has 32 heavy (non-hydrogen) atoms. The number of aromatic amines is 2. The summed E-state index contributed by atoms with van der Waals surface area (Å²) in [6.07, 6.45) is 6.34. The van der Waals surface area contributed by atoms with Gasteiger partial charge in [0.15, 0.2) is 0 Å². The molecular weight excluding hydrogens is 412 g/mol. The fourth-order valence-corrected chi connectivity index (χ4v) is 3.20. The van der Waals surface area contributed by atoms with Crippen LogP contribution in [0.15, 0.2) is 68.2 Å². The van der Waals surface area contributed by atoms with Gasteiger partial charge in [0.2, 0.25) is 0 Å². The number of pyridine rings is 2. The van der Waals surface area contributed by atoms with Crippen LogP contribution < -0.4 is 22.5 Å². The first-order valence-electron chi connectivity index (χ1n) is 9.81. The van der Waals surface area contributed by atoms with Gasteiger partial charge < -0.3 is 0 Å². The molecule has 0 aliphatic heterocycles. The highest BCUT2D eigenvalue weighted by molar-refractivity contribution is 5.54. The number of hydrogen-bond acceptors (Lipinski definition) is 6. The quantitative estimate of drug-likeness (QED) is 0.473. The summed E-state index contributed by atoms with van der Waals surface area (Å²) in [7, 11) is 0. The van der Waals surface area contributed by atoms with Crippen LogP contribution in [0, 0.1) is 13.8 Å². The van der Waals surface area contributed by atoms with E-state index in [1.54, 1.807) is 38.4 Å². The summed E-state index contributed by atoms with van der Waals surface area (Å²) >= 11 is 0. The van der Waals surface area contributed by atoms with Crippen LogP contribution in [0.25, 0.3) is 11.4 Å².